The minimum Gasteiger partial charge on any atom is -0.321 e. The first kappa shape index (κ1) is 8.90. The van der Waals surface area contributed by atoms with E-state index in [-0.39, 0.29) is 5.78 Å². The lowest BCUT2D eigenvalue weighted by molar-refractivity contribution is 0.0967. The number of Topliss-reactive ketones (excluding diaryl/α,β-unsaturated/α-hetero) is 1. The number of thiophene rings is 1. The molecule has 0 bridgehead atoms. The molecule has 0 unspecified atom stereocenters. The van der Waals surface area contributed by atoms with E-state index in [0.717, 1.165) is 4.47 Å². The second-order valence-electron chi connectivity index (χ2n) is 2.29. The van der Waals surface area contributed by atoms with E-state index in [4.69, 9.17) is 5.73 Å². The van der Waals surface area contributed by atoms with Gasteiger partial charge in [0.2, 0.25) is 0 Å². The number of carbonyl (C=O) groups excluding carboxylic acids is 1. The van der Waals surface area contributed by atoms with E-state index in [0.29, 0.717) is 5.56 Å². The van der Waals surface area contributed by atoms with Gasteiger partial charge in [0.15, 0.2) is 5.78 Å². The van der Waals surface area contributed by atoms with Gasteiger partial charge in [0.05, 0.1) is 6.04 Å². The van der Waals surface area contributed by atoms with E-state index in [2.05, 4.69) is 15.9 Å². The number of hydrogen-bond donors (Lipinski definition) is 1. The molecule has 0 aliphatic carbocycles. The molecule has 0 aliphatic heterocycles. The van der Waals surface area contributed by atoms with Crippen LogP contribution in [0.5, 0.6) is 0 Å². The summed E-state index contributed by atoms with van der Waals surface area (Å²) in [6.45, 7) is 1.69. The van der Waals surface area contributed by atoms with Crippen molar-refractivity contribution in [2.45, 2.75) is 13.0 Å². The van der Waals surface area contributed by atoms with E-state index in [1.165, 1.54) is 11.3 Å². The molecule has 0 saturated heterocycles. The summed E-state index contributed by atoms with van der Waals surface area (Å²) in [7, 11) is 0. The predicted octanol–water partition coefficient (Wildman–Crippen LogP) is 2.04. The van der Waals surface area contributed by atoms with Crippen LogP contribution in [-0.4, -0.2) is 11.8 Å². The van der Waals surface area contributed by atoms with Crippen LogP contribution in [0, 0.1) is 0 Å². The quantitative estimate of drug-likeness (QED) is 0.795. The molecule has 0 aromatic carbocycles. The molecule has 1 atom stereocenters. The smallest absolute Gasteiger partial charge is 0.181 e. The molecule has 0 amide bonds. The molecule has 0 aliphatic rings. The van der Waals surface area contributed by atoms with Crippen molar-refractivity contribution in [1.82, 2.24) is 0 Å². The van der Waals surface area contributed by atoms with E-state index >= 15 is 0 Å². The van der Waals surface area contributed by atoms with E-state index < -0.39 is 6.04 Å². The third-order valence-electron chi connectivity index (χ3n) is 1.29. The molecule has 11 heavy (non-hydrogen) atoms. The van der Waals surface area contributed by atoms with Gasteiger partial charge < -0.3 is 5.73 Å². The van der Waals surface area contributed by atoms with Crippen LogP contribution in [0.2, 0.25) is 0 Å². The maximum Gasteiger partial charge on any atom is 0.181 e. The molecule has 1 aromatic rings. The topological polar surface area (TPSA) is 43.1 Å². The van der Waals surface area contributed by atoms with Crippen LogP contribution in [0.1, 0.15) is 17.3 Å². The summed E-state index contributed by atoms with van der Waals surface area (Å²) in [5.41, 5.74) is 6.12. The summed E-state index contributed by atoms with van der Waals surface area (Å²) < 4.78 is 0.838. The minimum absolute atomic E-state index is 0.0156. The Hall–Kier alpha value is -0.190. The van der Waals surface area contributed by atoms with E-state index in [9.17, 15) is 4.79 Å². The van der Waals surface area contributed by atoms with Gasteiger partial charge in [-0.25, -0.2) is 0 Å². The van der Waals surface area contributed by atoms with Crippen molar-refractivity contribution >= 4 is 33.0 Å². The zero-order chi connectivity index (χ0) is 8.43. The molecule has 1 heterocycles. The number of halogens is 1. The van der Waals surface area contributed by atoms with Gasteiger partial charge in [-0.3, -0.25) is 4.79 Å². The van der Waals surface area contributed by atoms with Crippen molar-refractivity contribution in [3.8, 4) is 0 Å². The van der Waals surface area contributed by atoms with Crippen LogP contribution in [0.3, 0.4) is 0 Å². The number of rotatable bonds is 2. The molecule has 1 rings (SSSR count). The highest BCUT2D eigenvalue weighted by Crippen LogP contribution is 2.22. The molecular weight excluding hydrogens is 226 g/mol. The van der Waals surface area contributed by atoms with E-state index in [1.807, 2.05) is 5.38 Å². The van der Waals surface area contributed by atoms with Gasteiger partial charge in [0, 0.05) is 20.8 Å². The molecule has 4 heteroatoms. The summed E-state index contributed by atoms with van der Waals surface area (Å²) in [5, 5.41) is 3.67. The predicted molar refractivity (Wildman–Crippen MR) is 50.0 cm³/mol. The van der Waals surface area contributed by atoms with Crippen LogP contribution >= 0.6 is 27.3 Å². The first-order valence-corrected chi connectivity index (χ1v) is 4.88. The Balaban J connectivity index is 2.93. The summed E-state index contributed by atoms with van der Waals surface area (Å²) >= 11 is 4.76. The van der Waals surface area contributed by atoms with Crippen LogP contribution in [-0.2, 0) is 0 Å². The number of nitrogens with two attached hydrogens (primary N) is 1. The standard InChI is InChI=1S/C7H8BrNOS/c1-4(9)7(10)5-2-11-3-6(5)8/h2-4H,9H2,1H3/t4-/m0/s1. The molecule has 2 nitrogen and oxygen atoms in total. The first-order chi connectivity index (χ1) is 5.13. The lowest BCUT2D eigenvalue weighted by atomic mass is 10.1. The monoisotopic (exact) mass is 233 g/mol. The normalized spacial score (nSPS) is 13.0. The number of hydrogen-bond acceptors (Lipinski definition) is 3. The van der Waals surface area contributed by atoms with Crippen LogP contribution in [0.15, 0.2) is 15.2 Å². The molecule has 60 valence electrons. The van der Waals surface area contributed by atoms with Gasteiger partial charge in [0.1, 0.15) is 0 Å². The maximum atomic E-state index is 11.3. The molecule has 2 N–H and O–H groups in total. The van der Waals surface area contributed by atoms with Gasteiger partial charge in [-0.15, -0.1) is 0 Å². The Bertz CT molecular complexity index is 269. The van der Waals surface area contributed by atoms with Gasteiger partial charge in [0.25, 0.3) is 0 Å². The van der Waals surface area contributed by atoms with Crippen molar-refractivity contribution < 1.29 is 4.79 Å². The maximum absolute atomic E-state index is 11.3. The molecular formula is C7H8BrNOS. The number of ketones is 1. The summed E-state index contributed by atoms with van der Waals surface area (Å²) in [5.74, 6) is -0.0156. The lowest BCUT2D eigenvalue weighted by Crippen LogP contribution is -2.26. The zero-order valence-electron chi connectivity index (χ0n) is 6.00. The SMILES string of the molecule is C[C@H](N)C(=O)c1cscc1Br. The average molecular weight is 234 g/mol. The average Bonchev–Trinajstić information content (AvgIpc) is 2.33. The first-order valence-electron chi connectivity index (χ1n) is 3.14. The van der Waals surface area contributed by atoms with Crippen molar-refractivity contribution in [1.29, 1.82) is 0 Å². The van der Waals surface area contributed by atoms with Crippen LogP contribution in [0.4, 0.5) is 0 Å². The van der Waals surface area contributed by atoms with Crippen molar-refractivity contribution in [2.75, 3.05) is 0 Å². The Morgan fingerprint density at radius 3 is 2.73 bits per heavy atom. The molecule has 0 radical (unpaired) electrons. The van der Waals surface area contributed by atoms with E-state index in [1.54, 1.807) is 12.3 Å². The molecule has 0 spiro atoms. The van der Waals surface area contributed by atoms with Gasteiger partial charge in [-0.1, -0.05) is 0 Å². The largest absolute Gasteiger partial charge is 0.321 e. The Morgan fingerprint density at radius 1 is 1.73 bits per heavy atom. The summed E-state index contributed by atoms with van der Waals surface area (Å²) in [6, 6.07) is -0.416. The van der Waals surface area contributed by atoms with Gasteiger partial charge >= 0.3 is 0 Å². The highest BCUT2D eigenvalue weighted by molar-refractivity contribution is 9.10. The van der Waals surface area contributed by atoms with Crippen molar-refractivity contribution in [3.63, 3.8) is 0 Å². The van der Waals surface area contributed by atoms with Gasteiger partial charge in [-0.2, -0.15) is 11.3 Å². The van der Waals surface area contributed by atoms with Gasteiger partial charge in [-0.05, 0) is 22.9 Å². The molecule has 0 saturated carbocycles. The Kier molecular flexibility index (Phi) is 2.81. The Labute approximate surface area is 77.5 Å². The fourth-order valence-electron chi connectivity index (χ4n) is 0.703. The molecule has 1 aromatic heterocycles. The zero-order valence-corrected chi connectivity index (χ0v) is 8.41. The Morgan fingerprint density at radius 2 is 2.36 bits per heavy atom. The van der Waals surface area contributed by atoms with Crippen LogP contribution in [0.25, 0.3) is 0 Å². The van der Waals surface area contributed by atoms with Crippen LogP contribution < -0.4 is 5.73 Å². The second kappa shape index (κ2) is 3.47. The third-order valence-corrected chi connectivity index (χ3v) is 3.00. The summed E-state index contributed by atoms with van der Waals surface area (Å²) in [6.07, 6.45) is 0. The fourth-order valence-corrected chi connectivity index (χ4v) is 2.18. The third kappa shape index (κ3) is 1.89. The molecule has 0 fully saturated rings. The minimum atomic E-state index is -0.416. The van der Waals surface area contributed by atoms with Crippen molar-refractivity contribution in [2.24, 2.45) is 5.73 Å². The second-order valence-corrected chi connectivity index (χ2v) is 3.88. The lowest BCUT2D eigenvalue weighted by Gasteiger charge is -2.01. The highest BCUT2D eigenvalue weighted by Gasteiger charge is 2.14. The van der Waals surface area contributed by atoms with Crippen molar-refractivity contribution in [3.05, 3.63) is 20.8 Å². The highest BCUT2D eigenvalue weighted by atomic mass is 79.9. The number of carbonyl (C=O) groups is 1. The summed E-state index contributed by atoms with van der Waals surface area (Å²) in [4.78, 5) is 11.3. The fraction of sp³-hybridized carbons (Fsp3) is 0.286.